The van der Waals surface area contributed by atoms with Gasteiger partial charge in [-0.2, -0.15) is 0 Å². The standard InChI is InChI=1S/C9H21NO2S/c1-4-9(10)7-13(11)6-5-12-8(2)3/h8-9H,4-7,10H2,1-3H3. The zero-order valence-electron chi connectivity index (χ0n) is 8.79. The number of hydrogen-bond donors (Lipinski definition) is 1. The topological polar surface area (TPSA) is 52.3 Å². The fourth-order valence-corrected chi connectivity index (χ4v) is 1.98. The summed E-state index contributed by atoms with van der Waals surface area (Å²) in [6, 6.07) is 0.0693. The lowest BCUT2D eigenvalue weighted by atomic mass is 10.3. The van der Waals surface area contributed by atoms with Gasteiger partial charge >= 0.3 is 0 Å². The van der Waals surface area contributed by atoms with Crippen LogP contribution in [0.5, 0.6) is 0 Å². The summed E-state index contributed by atoms with van der Waals surface area (Å²) < 4.78 is 16.6. The second kappa shape index (κ2) is 7.47. The summed E-state index contributed by atoms with van der Waals surface area (Å²) in [5, 5.41) is 0. The summed E-state index contributed by atoms with van der Waals surface area (Å²) in [4.78, 5) is 0. The smallest absolute Gasteiger partial charge is 0.0585 e. The third-order valence-corrected chi connectivity index (χ3v) is 3.11. The van der Waals surface area contributed by atoms with Crippen LogP contribution in [0.4, 0.5) is 0 Å². The highest BCUT2D eigenvalue weighted by Gasteiger charge is 2.06. The number of ether oxygens (including phenoxy) is 1. The molecule has 2 atom stereocenters. The quantitative estimate of drug-likeness (QED) is 0.675. The van der Waals surface area contributed by atoms with E-state index < -0.39 is 10.8 Å². The summed E-state index contributed by atoms with van der Waals surface area (Å²) >= 11 is 0. The van der Waals surface area contributed by atoms with Crippen LogP contribution in [0, 0.1) is 0 Å². The fourth-order valence-electron chi connectivity index (χ4n) is 0.817. The third-order valence-electron chi connectivity index (χ3n) is 1.69. The van der Waals surface area contributed by atoms with E-state index >= 15 is 0 Å². The van der Waals surface area contributed by atoms with Crippen LogP contribution in [0.2, 0.25) is 0 Å². The Hall–Kier alpha value is 0.0700. The average Bonchev–Trinajstić information content (AvgIpc) is 2.03. The summed E-state index contributed by atoms with van der Waals surface area (Å²) in [6.07, 6.45) is 1.10. The molecule has 0 fully saturated rings. The predicted molar refractivity (Wildman–Crippen MR) is 57.2 cm³/mol. The van der Waals surface area contributed by atoms with E-state index in [4.69, 9.17) is 10.5 Å². The number of rotatable bonds is 7. The van der Waals surface area contributed by atoms with Crippen molar-refractivity contribution in [2.75, 3.05) is 18.1 Å². The molecule has 80 valence electrons. The summed E-state index contributed by atoms with van der Waals surface area (Å²) in [5.41, 5.74) is 5.67. The van der Waals surface area contributed by atoms with E-state index in [1.165, 1.54) is 0 Å². The van der Waals surface area contributed by atoms with Crippen LogP contribution in [0.1, 0.15) is 27.2 Å². The van der Waals surface area contributed by atoms with E-state index in [0.717, 1.165) is 6.42 Å². The Morgan fingerprint density at radius 2 is 2.08 bits per heavy atom. The zero-order chi connectivity index (χ0) is 10.3. The third kappa shape index (κ3) is 8.40. The monoisotopic (exact) mass is 207 g/mol. The predicted octanol–water partition coefficient (Wildman–Crippen LogP) is 0.897. The van der Waals surface area contributed by atoms with Gasteiger partial charge in [0.2, 0.25) is 0 Å². The van der Waals surface area contributed by atoms with Gasteiger partial charge in [0.05, 0.1) is 12.7 Å². The van der Waals surface area contributed by atoms with Crippen molar-refractivity contribution in [2.45, 2.75) is 39.3 Å². The van der Waals surface area contributed by atoms with Gasteiger partial charge in [-0.15, -0.1) is 0 Å². The minimum atomic E-state index is -0.816. The van der Waals surface area contributed by atoms with E-state index in [9.17, 15) is 4.21 Å². The van der Waals surface area contributed by atoms with Gasteiger partial charge < -0.3 is 10.5 Å². The molecule has 0 radical (unpaired) electrons. The molecule has 3 nitrogen and oxygen atoms in total. The van der Waals surface area contributed by atoms with Crippen LogP contribution in [0.15, 0.2) is 0 Å². The first kappa shape index (κ1) is 13.1. The molecule has 13 heavy (non-hydrogen) atoms. The molecule has 2 unspecified atom stereocenters. The molecule has 0 spiro atoms. The van der Waals surface area contributed by atoms with E-state index in [1.54, 1.807) is 0 Å². The maximum atomic E-state index is 11.3. The van der Waals surface area contributed by atoms with E-state index in [2.05, 4.69) is 0 Å². The molecule has 0 aromatic heterocycles. The second-order valence-electron chi connectivity index (χ2n) is 3.40. The molecule has 0 rings (SSSR count). The highest BCUT2D eigenvalue weighted by atomic mass is 32.2. The lowest BCUT2D eigenvalue weighted by Gasteiger charge is -2.09. The van der Waals surface area contributed by atoms with Gasteiger partial charge in [-0.25, -0.2) is 0 Å². The Morgan fingerprint density at radius 1 is 1.46 bits per heavy atom. The molecule has 0 heterocycles. The van der Waals surface area contributed by atoms with Gasteiger partial charge in [0.25, 0.3) is 0 Å². The Labute approximate surface area is 83.5 Å². The molecule has 0 aliphatic carbocycles. The molecule has 0 aliphatic rings. The number of nitrogens with two attached hydrogens (primary N) is 1. The summed E-state index contributed by atoms with van der Waals surface area (Å²) in [6.45, 7) is 6.52. The van der Waals surface area contributed by atoms with Crippen molar-refractivity contribution in [3.8, 4) is 0 Å². The Kier molecular flexibility index (Phi) is 7.51. The van der Waals surface area contributed by atoms with Crippen LogP contribution in [-0.2, 0) is 15.5 Å². The van der Waals surface area contributed by atoms with Crippen molar-refractivity contribution in [1.29, 1.82) is 0 Å². The van der Waals surface area contributed by atoms with Gasteiger partial charge in [-0.1, -0.05) is 6.92 Å². The van der Waals surface area contributed by atoms with E-state index in [-0.39, 0.29) is 12.1 Å². The average molecular weight is 207 g/mol. The molecule has 0 saturated heterocycles. The summed E-state index contributed by atoms with van der Waals surface area (Å²) in [7, 11) is -0.816. The molecule has 0 aromatic carbocycles. The second-order valence-corrected chi connectivity index (χ2v) is 5.02. The van der Waals surface area contributed by atoms with Gasteiger partial charge in [0, 0.05) is 28.3 Å². The molecule has 0 amide bonds. The Balaban J connectivity index is 3.41. The normalized spacial score (nSPS) is 16.1. The SMILES string of the molecule is CCC(N)CS(=O)CCOC(C)C. The first-order valence-electron chi connectivity index (χ1n) is 4.78. The maximum Gasteiger partial charge on any atom is 0.0585 e. The van der Waals surface area contributed by atoms with Crippen LogP contribution in [-0.4, -0.2) is 34.5 Å². The van der Waals surface area contributed by atoms with E-state index in [0.29, 0.717) is 18.1 Å². The van der Waals surface area contributed by atoms with Gasteiger partial charge in [0.15, 0.2) is 0 Å². The molecule has 4 heteroatoms. The van der Waals surface area contributed by atoms with Crippen molar-refractivity contribution >= 4 is 10.8 Å². The van der Waals surface area contributed by atoms with Crippen molar-refractivity contribution in [3.05, 3.63) is 0 Å². The first-order chi connectivity index (χ1) is 6.06. The van der Waals surface area contributed by atoms with E-state index in [1.807, 2.05) is 20.8 Å². The van der Waals surface area contributed by atoms with Crippen molar-refractivity contribution < 1.29 is 8.95 Å². The Bertz CT molecular complexity index is 151. The highest BCUT2D eigenvalue weighted by molar-refractivity contribution is 7.85. The molecule has 0 saturated carbocycles. The van der Waals surface area contributed by atoms with Crippen molar-refractivity contribution in [2.24, 2.45) is 5.73 Å². The molecular formula is C9H21NO2S. The van der Waals surface area contributed by atoms with Crippen LogP contribution in [0.25, 0.3) is 0 Å². The molecule has 2 N–H and O–H groups in total. The van der Waals surface area contributed by atoms with Crippen LogP contribution >= 0.6 is 0 Å². The fraction of sp³-hybridized carbons (Fsp3) is 1.00. The minimum absolute atomic E-state index is 0.0693. The molecule has 0 aliphatic heterocycles. The minimum Gasteiger partial charge on any atom is -0.378 e. The lowest BCUT2D eigenvalue weighted by molar-refractivity contribution is 0.0916. The van der Waals surface area contributed by atoms with Crippen molar-refractivity contribution in [3.63, 3.8) is 0 Å². The van der Waals surface area contributed by atoms with Crippen molar-refractivity contribution in [1.82, 2.24) is 0 Å². The zero-order valence-corrected chi connectivity index (χ0v) is 9.60. The van der Waals surface area contributed by atoms with Gasteiger partial charge in [-0.3, -0.25) is 4.21 Å². The number of hydrogen-bond acceptors (Lipinski definition) is 3. The maximum absolute atomic E-state index is 11.3. The lowest BCUT2D eigenvalue weighted by Crippen LogP contribution is -2.28. The van der Waals surface area contributed by atoms with Crippen LogP contribution < -0.4 is 5.73 Å². The van der Waals surface area contributed by atoms with Gasteiger partial charge in [0.1, 0.15) is 0 Å². The largest absolute Gasteiger partial charge is 0.378 e. The molecule has 0 aromatic rings. The Morgan fingerprint density at radius 3 is 2.54 bits per heavy atom. The van der Waals surface area contributed by atoms with Gasteiger partial charge in [-0.05, 0) is 20.3 Å². The summed E-state index contributed by atoms with van der Waals surface area (Å²) in [5.74, 6) is 1.20. The van der Waals surface area contributed by atoms with Crippen LogP contribution in [0.3, 0.4) is 0 Å². The first-order valence-corrected chi connectivity index (χ1v) is 6.27. The molecule has 0 bridgehead atoms. The highest BCUT2D eigenvalue weighted by Crippen LogP contribution is 1.93. The molecular weight excluding hydrogens is 186 g/mol.